The first kappa shape index (κ1) is 13.7. The van der Waals surface area contributed by atoms with Crippen molar-refractivity contribution < 1.29 is 4.79 Å². The predicted octanol–water partition coefficient (Wildman–Crippen LogP) is -0.241. The number of aryl methyl sites for hydroxylation is 1. The zero-order valence-corrected chi connectivity index (χ0v) is 12.3. The first-order chi connectivity index (χ1) is 9.82. The van der Waals surface area contributed by atoms with Crippen LogP contribution in [0.3, 0.4) is 0 Å². The number of carbonyl (C=O) groups is 1. The minimum atomic E-state index is -0.666. The highest BCUT2D eigenvalue weighted by atomic mass is 16.2. The van der Waals surface area contributed by atoms with Crippen LogP contribution in [0.15, 0.2) is 23.2 Å². The fourth-order valence-corrected chi connectivity index (χ4v) is 2.70. The molecule has 1 aliphatic rings. The Labute approximate surface area is 124 Å². The molecule has 2 N–H and O–H groups in total. The van der Waals surface area contributed by atoms with E-state index in [1.165, 1.54) is 4.90 Å². The number of benzene rings is 1. The van der Waals surface area contributed by atoms with Crippen LogP contribution in [0.5, 0.6) is 0 Å². The topological polar surface area (TPSA) is 76.5 Å². The summed E-state index contributed by atoms with van der Waals surface area (Å²) in [5.74, 6) is 0.188. The molecular formula is C14H16BN5O. The molecule has 21 heavy (non-hydrogen) atoms. The molecule has 7 heteroatoms. The number of carbonyl (C=O) groups excluding carboxylic acids is 1. The van der Waals surface area contributed by atoms with Gasteiger partial charge in [-0.05, 0) is 18.6 Å². The fraction of sp³-hybridized carbons (Fsp3) is 0.357. The second-order valence-corrected chi connectivity index (χ2v) is 5.61. The number of guanidine groups is 1. The van der Waals surface area contributed by atoms with Crippen molar-refractivity contribution in [1.82, 2.24) is 14.7 Å². The van der Waals surface area contributed by atoms with Gasteiger partial charge in [0.1, 0.15) is 7.85 Å². The Morgan fingerprint density at radius 1 is 1.38 bits per heavy atom. The van der Waals surface area contributed by atoms with Gasteiger partial charge in [-0.3, -0.25) is 14.4 Å². The maximum absolute atomic E-state index is 12.1. The second-order valence-electron chi connectivity index (χ2n) is 5.61. The van der Waals surface area contributed by atoms with Crippen LogP contribution < -0.4 is 11.3 Å². The number of hydrogen-bond acceptors (Lipinski definition) is 4. The molecule has 106 valence electrons. The lowest BCUT2D eigenvalue weighted by atomic mass is 9.86. The van der Waals surface area contributed by atoms with Crippen LogP contribution in [0.2, 0.25) is 0 Å². The number of rotatable bonds is 1. The summed E-state index contributed by atoms with van der Waals surface area (Å²) < 4.78 is 1.72. The molecule has 1 aliphatic heterocycles. The second kappa shape index (κ2) is 4.34. The van der Waals surface area contributed by atoms with Crippen molar-refractivity contribution in [3.05, 3.63) is 23.8 Å². The molecule has 0 saturated carbocycles. The van der Waals surface area contributed by atoms with Gasteiger partial charge in [-0.2, -0.15) is 5.10 Å². The molecule has 1 aromatic carbocycles. The van der Waals surface area contributed by atoms with E-state index in [1.54, 1.807) is 11.7 Å². The highest BCUT2D eigenvalue weighted by Crippen LogP contribution is 2.34. The Morgan fingerprint density at radius 2 is 2.10 bits per heavy atom. The van der Waals surface area contributed by atoms with Crippen molar-refractivity contribution in [1.29, 1.82) is 0 Å². The van der Waals surface area contributed by atoms with Crippen molar-refractivity contribution in [3.63, 3.8) is 0 Å². The number of aliphatic imine (C=N–C) groups is 1. The van der Waals surface area contributed by atoms with Gasteiger partial charge in [0, 0.05) is 25.1 Å². The summed E-state index contributed by atoms with van der Waals surface area (Å²) in [5.41, 5.74) is 7.50. The van der Waals surface area contributed by atoms with Gasteiger partial charge in [0.2, 0.25) is 5.91 Å². The number of nitrogens with two attached hydrogens (primary N) is 1. The zero-order valence-electron chi connectivity index (χ0n) is 12.3. The minimum absolute atomic E-state index is 0.0467. The van der Waals surface area contributed by atoms with Gasteiger partial charge in [-0.25, -0.2) is 4.99 Å². The van der Waals surface area contributed by atoms with Gasteiger partial charge in [-0.15, -0.1) is 0 Å². The molecule has 0 saturated heterocycles. The van der Waals surface area contributed by atoms with Crippen LogP contribution in [-0.2, 0) is 17.4 Å². The molecule has 1 atom stereocenters. The molecule has 6 nitrogen and oxygen atoms in total. The standard InChI is InChI=1S/C14H16BN5O/c1-14(7-11(21)19(2)13(16)17-14)8-4-5-9-10(6-8)20(3)18-12(9)15/h4-6H,7H2,1-3H3,(H2,16,17)/t14-/m0/s1. The third-order valence-electron chi connectivity index (χ3n) is 4.08. The highest BCUT2D eigenvalue weighted by molar-refractivity contribution is 6.37. The van der Waals surface area contributed by atoms with E-state index in [-0.39, 0.29) is 18.3 Å². The fourth-order valence-electron chi connectivity index (χ4n) is 2.70. The SMILES string of the molecule is [B]c1nn(C)c2cc([C@]3(C)CC(=O)N(C)C(N)=N3)ccc12. The summed E-state index contributed by atoms with van der Waals surface area (Å²) in [6, 6.07) is 5.80. The molecule has 2 radical (unpaired) electrons. The average Bonchev–Trinajstić information content (AvgIpc) is 2.71. The monoisotopic (exact) mass is 281 g/mol. The summed E-state index contributed by atoms with van der Waals surface area (Å²) in [6.45, 7) is 1.91. The number of amides is 1. The van der Waals surface area contributed by atoms with Crippen molar-refractivity contribution in [2.45, 2.75) is 18.9 Å². The van der Waals surface area contributed by atoms with E-state index in [0.29, 0.717) is 5.59 Å². The number of hydrogen-bond donors (Lipinski definition) is 1. The van der Waals surface area contributed by atoms with Gasteiger partial charge in [0.15, 0.2) is 5.96 Å². The molecule has 0 unspecified atom stereocenters. The van der Waals surface area contributed by atoms with Gasteiger partial charge < -0.3 is 5.73 Å². The Hall–Kier alpha value is -2.31. The maximum atomic E-state index is 12.1. The number of aromatic nitrogens is 2. The third kappa shape index (κ3) is 2.00. The molecule has 2 aromatic rings. The van der Waals surface area contributed by atoms with Crippen molar-refractivity contribution >= 4 is 36.2 Å². The molecule has 0 bridgehead atoms. The van der Waals surface area contributed by atoms with Crippen LogP contribution in [-0.4, -0.2) is 41.4 Å². The van der Waals surface area contributed by atoms with Crippen LogP contribution in [0, 0.1) is 0 Å². The summed E-state index contributed by atoms with van der Waals surface area (Å²) in [7, 11) is 9.33. The van der Waals surface area contributed by atoms with Crippen molar-refractivity contribution in [3.8, 4) is 0 Å². The predicted molar refractivity (Wildman–Crippen MR) is 82.5 cm³/mol. The molecule has 1 aromatic heterocycles. The van der Waals surface area contributed by atoms with Crippen LogP contribution >= 0.6 is 0 Å². The normalized spacial score (nSPS) is 22.7. The molecule has 0 fully saturated rings. The lowest BCUT2D eigenvalue weighted by molar-refractivity contribution is -0.128. The molecular weight excluding hydrogens is 265 g/mol. The maximum Gasteiger partial charge on any atom is 0.231 e. The minimum Gasteiger partial charge on any atom is -0.369 e. The van der Waals surface area contributed by atoms with Crippen molar-refractivity contribution in [2.24, 2.45) is 17.8 Å². The summed E-state index contributed by atoms with van der Waals surface area (Å²) >= 11 is 0. The lowest BCUT2D eigenvalue weighted by Gasteiger charge is -2.33. The van der Waals surface area contributed by atoms with Crippen LogP contribution in [0.1, 0.15) is 18.9 Å². The lowest BCUT2D eigenvalue weighted by Crippen LogP contribution is -2.47. The quantitative estimate of drug-likeness (QED) is 0.733. The molecule has 2 heterocycles. The van der Waals surface area contributed by atoms with Crippen molar-refractivity contribution in [2.75, 3.05) is 7.05 Å². The van der Waals surface area contributed by atoms with E-state index in [4.69, 9.17) is 13.6 Å². The molecule has 3 rings (SSSR count). The van der Waals surface area contributed by atoms with E-state index < -0.39 is 5.54 Å². The Balaban J connectivity index is 2.16. The zero-order chi connectivity index (χ0) is 15.4. The van der Waals surface area contributed by atoms with Gasteiger partial charge >= 0.3 is 0 Å². The molecule has 0 spiro atoms. The summed E-state index contributed by atoms with van der Waals surface area (Å²) in [6.07, 6.45) is 0.281. The third-order valence-corrected chi connectivity index (χ3v) is 4.08. The Bertz CT molecular complexity index is 781. The number of nitrogens with zero attached hydrogens (tertiary/aromatic N) is 4. The first-order valence-corrected chi connectivity index (χ1v) is 6.66. The van der Waals surface area contributed by atoms with Gasteiger partial charge in [0.25, 0.3) is 0 Å². The van der Waals surface area contributed by atoms with Crippen LogP contribution in [0.25, 0.3) is 10.9 Å². The summed E-state index contributed by atoms with van der Waals surface area (Å²) in [4.78, 5) is 17.9. The average molecular weight is 281 g/mol. The molecule has 1 amide bonds. The smallest absolute Gasteiger partial charge is 0.231 e. The van der Waals surface area contributed by atoms with Crippen LogP contribution in [0.4, 0.5) is 0 Å². The Kier molecular flexibility index (Phi) is 2.83. The van der Waals surface area contributed by atoms with E-state index in [9.17, 15) is 4.79 Å². The van der Waals surface area contributed by atoms with E-state index in [0.717, 1.165) is 16.5 Å². The highest BCUT2D eigenvalue weighted by Gasteiger charge is 2.36. The molecule has 0 aliphatic carbocycles. The van der Waals surface area contributed by atoms with E-state index in [1.807, 2.05) is 32.2 Å². The Morgan fingerprint density at radius 3 is 2.76 bits per heavy atom. The largest absolute Gasteiger partial charge is 0.369 e. The summed E-state index contributed by atoms with van der Waals surface area (Å²) in [5, 5.41) is 5.09. The number of fused-ring (bicyclic) bond motifs is 1. The van der Waals surface area contributed by atoms with Gasteiger partial charge in [-0.1, -0.05) is 12.1 Å². The van der Waals surface area contributed by atoms with Gasteiger partial charge in [0.05, 0.1) is 17.5 Å². The van der Waals surface area contributed by atoms with E-state index in [2.05, 4.69) is 10.1 Å². The first-order valence-electron chi connectivity index (χ1n) is 6.66. The van der Waals surface area contributed by atoms with E-state index >= 15 is 0 Å².